The highest BCUT2D eigenvalue weighted by atomic mass is 19.4. The van der Waals surface area contributed by atoms with Crippen molar-refractivity contribution >= 4 is 16.9 Å². The number of fused-ring (bicyclic) bond motifs is 1. The van der Waals surface area contributed by atoms with E-state index in [1.807, 2.05) is 7.05 Å². The Morgan fingerprint density at radius 3 is 2.91 bits per heavy atom. The van der Waals surface area contributed by atoms with Gasteiger partial charge >= 0.3 is 6.18 Å². The molecule has 1 amide bonds. The molecule has 23 heavy (non-hydrogen) atoms. The average Bonchev–Trinajstić information content (AvgIpc) is 3.09. The predicted molar refractivity (Wildman–Crippen MR) is 76.9 cm³/mol. The summed E-state index contributed by atoms with van der Waals surface area (Å²) in [7, 11) is 1.98. The topological polar surface area (TPSA) is 73.9 Å². The fourth-order valence-electron chi connectivity index (χ4n) is 2.78. The van der Waals surface area contributed by atoms with Gasteiger partial charge in [-0.25, -0.2) is 4.98 Å². The van der Waals surface area contributed by atoms with E-state index in [0.717, 1.165) is 19.4 Å². The van der Waals surface area contributed by atoms with E-state index in [0.29, 0.717) is 6.54 Å². The van der Waals surface area contributed by atoms with E-state index in [9.17, 15) is 18.0 Å². The Balaban J connectivity index is 1.81. The number of rotatable bonds is 3. The first-order valence-electron chi connectivity index (χ1n) is 7.25. The van der Waals surface area contributed by atoms with Gasteiger partial charge in [0.15, 0.2) is 0 Å². The van der Waals surface area contributed by atoms with Crippen molar-refractivity contribution < 1.29 is 18.0 Å². The lowest BCUT2D eigenvalue weighted by molar-refractivity contribution is -0.144. The van der Waals surface area contributed by atoms with Crippen LogP contribution in [-0.4, -0.2) is 51.9 Å². The normalized spacial score (nSPS) is 19.4. The first kappa shape index (κ1) is 15.7. The van der Waals surface area contributed by atoms with Crippen molar-refractivity contribution in [2.75, 3.05) is 20.1 Å². The van der Waals surface area contributed by atoms with Crippen LogP contribution in [-0.2, 0) is 6.18 Å². The fraction of sp³-hybridized carbons (Fsp3) is 0.500. The second-order valence-electron chi connectivity index (χ2n) is 5.65. The van der Waals surface area contributed by atoms with Gasteiger partial charge in [-0.2, -0.15) is 13.2 Å². The molecular weight excluding hydrogens is 311 g/mol. The van der Waals surface area contributed by atoms with Crippen LogP contribution in [0.25, 0.3) is 11.0 Å². The third-order valence-electron chi connectivity index (χ3n) is 4.08. The van der Waals surface area contributed by atoms with Gasteiger partial charge in [-0.1, -0.05) is 0 Å². The molecule has 1 saturated heterocycles. The quantitative estimate of drug-likeness (QED) is 0.901. The Hall–Kier alpha value is -2.16. The highest BCUT2D eigenvalue weighted by Gasteiger charge is 2.35. The number of halogens is 3. The van der Waals surface area contributed by atoms with E-state index < -0.39 is 17.9 Å². The molecule has 2 aromatic rings. The minimum atomic E-state index is -4.60. The largest absolute Gasteiger partial charge is 0.449 e. The molecule has 0 saturated carbocycles. The van der Waals surface area contributed by atoms with E-state index >= 15 is 0 Å². The number of pyridine rings is 1. The molecule has 9 heteroatoms. The van der Waals surface area contributed by atoms with Gasteiger partial charge in [0, 0.05) is 18.8 Å². The van der Waals surface area contributed by atoms with Gasteiger partial charge in [0.25, 0.3) is 5.91 Å². The van der Waals surface area contributed by atoms with Gasteiger partial charge in [-0.05, 0) is 26.4 Å². The number of aromatic nitrogens is 3. The highest BCUT2D eigenvalue weighted by molar-refractivity contribution is 6.04. The van der Waals surface area contributed by atoms with Gasteiger partial charge in [-0.3, -0.25) is 9.78 Å². The standard InChI is InChI=1S/C14H16F3N5O/c1-22-4-2-3-8(22)5-19-12(23)9-6-18-7-10-11(9)21-13(20-10)14(15,16)17/h6-8H,2-5H2,1H3,(H,19,23)(H,20,21)/t8-/m1/s1. The Labute approximate surface area is 130 Å². The van der Waals surface area contributed by atoms with E-state index in [1.54, 1.807) is 0 Å². The fourth-order valence-corrected chi connectivity index (χ4v) is 2.78. The summed E-state index contributed by atoms with van der Waals surface area (Å²) < 4.78 is 38.2. The first-order chi connectivity index (χ1) is 10.9. The molecule has 0 aliphatic carbocycles. The zero-order valence-corrected chi connectivity index (χ0v) is 12.4. The molecule has 2 aromatic heterocycles. The SMILES string of the molecule is CN1CCC[C@@H]1CNC(=O)c1cncc2[nH]c(C(F)(F)F)nc12. The first-order valence-corrected chi connectivity index (χ1v) is 7.25. The number of aromatic amines is 1. The molecule has 1 aliphatic rings. The van der Waals surface area contributed by atoms with Crippen LogP contribution in [0.1, 0.15) is 29.0 Å². The number of likely N-dealkylation sites (N-methyl/N-ethyl adjacent to an activating group) is 1. The predicted octanol–water partition coefficient (Wildman–Crippen LogP) is 1.80. The molecular formula is C14H16F3N5O. The van der Waals surface area contributed by atoms with Crippen molar-refractivity contribution in [1.82, 2.24) is 25.2 Å². The smallest absolute Gasteiger partial charge is 0.350 e. The maximum absolute atomic E-state index is 12.7. The highest BCUT2D eigenvalue weighted by Crippen LogP contribution is 2.29. The molecule has 0 bridgehead atoms. The van der Waals surface area contributed by atoms with Crippen LogP contribution in [0.2, 0.25) is 0 Å². The summed E-state index contributed by atoms with van der Waals surface area (Å²) in [5.74, 6) is -1.60. The monoisotopic (exact) mass is 327 g/mol. The molecule has 0 radical (unpaired) electrons. The van der Waals surface area contributed by atoms with Crippen LogP contribution in [0, 0.1) is 0 Å². The van der Waals surface area contributed by atoms with Crippen LogP contribution < -0.4 is 5.32 Å². The van der Waals surface area contributed by atoms with Crippen LogP contribution in [0.3, 0.4) is 0 Å². The second-order valence-corrected chi connectivity index (χ2v) is 5.65. The third-order valence-corrected chi connectivity index (χ3v) is 4.08. The van der Waals surface area contributed by atoms with Crippen molar-refractivity contribution in [3.05, 3.63) is 23.8 Å². The minimum absolute atomic E-state index is 0.0235. The van der Waals surface area contributed by atoms with E-state index in [4.69, 9.17) is 0 Å². The van der Waals surface area contributed by atoms with Crippen molar-refractivity contribution in [3.8, 4) is 0 Å². The Morgan fingerprint density at radius 1 is 1.48 bits per heavy atom. The van der Waals surface area contributed by atoms with Crippen LogP contribution in [0.15, 0.2) is 12.4 Å². The molecule has 1 fully saturated rings. The number of hydrogen-bond acceptors (Lipinski definition) is 4. The van der Waals surface area contributed by atoms with Crippen molar-refractivity contribution in [1.29, 1.82) is 0 Å². The lowest BCUT2D eigenvalue weighted by Gasteiger charge is -2.19. The van der Waals surface area contributed by atoms with Crippen molar-refractivity contribution in [3.63, 3.8) is 0 Å². The second kappa shape index (κ2) is 5.80. The number of carbonyl (C=O) groups excluding carboxylic acids is 1. The number of H-pyrrole nitrogens is 1. The molecule has 2 N–H and O–H groups in total. The molecule has 6 nitrogen and oxygen atoms in total. The molecule has 1 atom stereocenters. The number of nitrogens with one attached hydrogen (secondary N) is 2. The molecule has 124 valence electrons. The molecule has 0 unspecified atom stereocenters. The van der Waals surface area contributed by atoms with Crippen molar-refractivity contribution in [2.45, 2.75) is 25.1 Å². The van der Waals surface area contributed by atoms with Crippen molar-refractivity contribution in [2.24, 2.45) is 0 Å². The average molecular weight is 327 g/mol. The summed E-state index contributed by atoms with van der Waals surface area (Å²) in [6, 6.07) is 0.246. The lowest BCUT2D eigenvalue weighted by Crippen LogP contribution is -2.38. The number of likely N-dealkylation sites (tertiary alicyclic amines) is 1. The van der Waals surface area contributed by atoms with Gasteiger partial charge in [0.05, 0.1) is 17.3 Å². The number of alkyl halides is 3. The molecule has 3 heterocycles. The van der Waals surface area contributed by atoms with Crippen LogP contribution in [0.4, 0.5) is 13.2 Å². The zero-order chi connectivity index (χ0) is 16.6. The number of hydrogen-bond donors (Lipinski definition) is 2. The summed E-state index contributed by atoms with van der Waals surface area (Å²) in [5, 5.41) is 2.76. The van der Waals surface area contributed by atoms with Gasteiger partial charge in [-0.15, -0.1) is 0 Å². The summed E-state index contributed by atoms with van der Waals surface area (Å²) in [5.41, 5.74) is 0.0995. The van der Waals surface area contributed by atoms with E-state index in [1.165, 1.54) is 12.4 Å². The molecule has 3 rings (SSSR count). The maximum atomic E-state index is 12.7. The Morgan fingerprint density at radius 2 is 2.26 bits per heavy atom. The summed E-state index contributed by atoms with van der Waals surface area (Å²) in [6.45, 7) is 1.42. The third kappa shape index (κ3) is 3.14. The number of nitrogens with zero attached hydrogens (tertiary/aromatic N) is 3. The summed E-state index contributed by atoms with van der Waals surface area (Å²) >= 11 is 0. The maximum Gasteiger partial charge on any atom is 0.449 e. The Bertz CT molecular complexity index is 727. The van der Waals surface area contributed by atoms with Gasteiger partial charge in [0.2, 0.25) is 5.82 Å². The summed E-state index contributed by atoms with van der Waals surface area (Å²) in [6.07, 6.45) is -0.0855. The molecule has 0 aromatic carbocycles. The number of imidazole rings is 1. The number of carbonyl (C=O) groups is 1. The van der Waals surface area contributed by atoms with E-state index in [-0.39, 0.29) is 22.6 Å². The number of amides is 1. The Kier molecular flexibility index (Phi) is 3.97. The minimum Gasteiger partial charge on any atom is -0.350 e. The van der Waals surface area contributed by atoms with Gasteiger partial charge in [0.1, 0.15) is 5.52 Å². The van der Waals surface area contributed by atoms with Crippen LogP contribution >= 0.6 is 0 Å². The van der Waals surface area contributed by atoms with Crippen LogP contribution in [0.5, 0.6) is 0 Å². The van der Waals surface area contributed by atoms with E-state index in [2.05, 4.69) is 25.2 Å². The zero-order valence-electron chi connectivity index (χ0n) is 12.4. The summed E-state index contributed by atoms with van der Waals surface area (Å²) in [4.78, 5) is 23.9. The lowest BCUT2D eigenvalue weighted by atomic mass is 10.2. The van der Waals surface area contributed by atoms with Gasteiger partial charge < -0.3 is 15.2 Å². The molecule has 0 spiro atoms. The molecule has 1 aliphatic heterocycles.